The van der Waals surface area contributed by atoms with E-state index in [1.54, 1.807) is 66.7 Å². The highest BCUT2D eigenvalue weighted by Gasteiger charge is 2.33. The Kier molecular flexibility index (Phi) is 17.4. The molecule has 2 heterocycles. The minimum absolute atomic E-state index is 0.00343. The zero-order chi connectivity index (χ0) is 49.2. The lowest BCUT2D eigenvalue weighted by Crippen LogP contribution is -2.60. The van der Waals surface area contributed by atoms with Crippen LogP contribution in [0.15, 0.2) is 170 Å². The predicted octanol–water partition coefficient (Wildman–Crippen LogP) is 4.90. The minimum atomic E-state index is -1.35. The summed E-state index contributed by atoms with van der Waals surface area (Å²) in [6.45, 7) is -0.0474. The highest BCUT2D eigenvalue weighted by Crippen LogP contribution is 2.20. The van der Waals surface area contributed by atoms with E-state index in [9.17, 15) is 38.7 Å². The number of hydrogen-bond donors (Lipinski definition) is 7. The largest absolute Gasteiger partial charge is 0.480 e. The van der Waals surface area contributed by atoms with E-state index in [0.717, 1.165) is 16.7 Å². The highest BCUT2D eigenvalue weighted by molar-refractivity contribution is 5.97. The van der Waals surface area contributed by atoms with Crippen LogP contribution in [0.1, 0.15) is 51.0 Å². The van der Waals surface area contributed by atoms with Gasteiger partial charge in [-0.3, -0.25) is 28.8 Å². The van der Waals surface area contributed by atoms with Crippen molar-refractivity contribution in [2.45, 2.75) is 75.2 Å². The number of hydrogen-bond acceptors (Lipinski definition) is 7. The molecule has 358 valence electrons. The van der Waals surface area contributed by atoms with E-state index >= 15 is 0 Å². The van der Waals surface area contributed by atoms with Crippen molar-refractivity contribution in [2.75, 3.05) is 6.54 Å². The Morgan fingerprint density at radius 3 is 1.60 bits per heavy atom. The number of rotatable bonds is 13. The Morgan fingerprint density at radius 2 is 1.01 bits per heavy atom. The number of nitrogens with one attached hydrogen (secondary N) is 6. The Bertz CT molecular complexity index is 2720. The Labute approximate surface area is 406 Å². The molecule has 7 N–H and O–H groups in total. The van der Waals surface area contributed by atoms with Crippen LogP contribution in [-0.4, -0.2) is 83.3 Å². The van der Waals surface area contributed by atoms with Crippen LogP contribution in [0, 0.1) is 0 Å². The third-order valence-electron chi connectivity index (χ3n) is 12.1. The number of aryl methyl sites for hydroxylation is 1. The number of carbonyl (C=O) groups is 7. The van der Waals surface area contributed by atoms with Crippen molar-refractivity contribution in [1.82, 2.24) is 31.9 Å². The molecule has 0 aliphatic carbocycles. The summed E-state index contributed by atoms with van der Waals surface area (Å²) in [6.07, 6.45) is 0.264. The molecule has 6 aromatic rings. The van der Waals surface area contributed by atoms with E-state index < -0.39 is 71.6 Å². The van der Waals surface area contributed by atoms with E-state index in [1.807, 2.05) is 91.0 Å². The van der Waals surface area contributed by atoms with E-state index in [2.05, 4.69) is 31.9 Å². The van der Waals surface area contributed by atoms with Crippen molar-refractivity contribution in [1.29, 1.82) is 0 Å². The SMILES string of the molecule is O=C1CCNC(=O)c2ccc(cc2)C[C@@H](C(=O)N[C@H](Cc2ccccc2)C(=O)O)NC(=O)[C@@H](Cc2ccccc2)NC(=O)[C@H](Cc2ccc(-c3ccccc3)cc2)NC(=O)[C@@H](CCc2ccccc2)N1. The summed E-state index contributed by atoms with van der Waals surface area (Å²) in [5, 5.41) is 27.0. The van der Waals surface area contributed by atoms with Crippen LogP contribution in [-0.2, 0) is 60.9 Å². The molecular formula is C56H56N6O8. The quantitative estimate of drug-likeness (QED) is 0.0791. The molecule has 0 aromatic heterocycles. The molecular weight excluding hydrogens is 885 g/mol. The fourth-order valence-corrected chi connectivity index (χ4v) is 8.23. The molecule has 6 amide bonds. The maximum atomic E-state index is 14.8. The van der Waals surface area contributed by atoms with Crippen molar-refractivity contribution in [3.05, 3.63) is 203 Å². The van der Waals surface area contributed by atoms with Gasteiger partial charge in [-0.05, 0) is 63.9 Å². The third-order valence-corrected chi connectivity index (χ3v) is 12.1. The second kappa shape index (κ2) is 24.6. The first-order valence-corrected chi connectivity index (χ1v) is 23.3. The molecule has 5 atom stereocenters. The lowest BCUT2D eigenvalue weighted by atomic mass is 9.98. The van der Waals surface area contributed by atoms with Crippen LogP contribution in [0.2, 0.25) is 0 Å². The number of fused-ring (bicyclic) bond motifs is 18. The van der Waals surface area contributed by atoms with E-state index in [4.69, 9.17) is 0 Å². The van der Waals surface area contributed by atoms with Gasteiger partial charge in [-0.1, -0.05) is 158 Å². The first kappa shape index (κ1) is 49.5. The van der Waals surface area contributed by atoms with Gasteiger partial charge < -0.3 is 37.0 Å². The third kappa shape index (κ3) is 14.6. The average Bonchev–Trinajstić information content (AvgIpc) is 3.38. The topological polar surface area (TPSA) is 212 Å². The summed E-state index contributed by atoms with van der Waals surface area (Å²) in [4.78, 5) is 97.5. The summed E-state index contributed by atoms with van der Waals surface area (Å²) >= 11 is 0. The van der Waals surface area contributed by atoms with Gasteiger partial charge in [0.25, 0.3) is 5.91 Å². The lowest BCUT2D eigenvalue weighted by molar-refractivity contribution is -0.142. The molecule has 70 heavy (non-hydrogen) atoms. The number of carboxylic acids is 1. The average molecular weight is 941 g/mol. The zero-order valence-electron chi connectivity index (χ0n) is 38.5. The molecule has 2 aliphatic rings. The molecule has 0 radical (unpaired) electrons. The molecule has 0 saturated heterocycles. The van der Waals surface area contributed by atoms with Gasteiger partial charge >= 0.3 is 5.97 Å². The number of aliphatic carboxylic acids is 1. The highest BCUT2D eigenvalue weighted by atomic mass is 16.4. The first-order valence-electron chi connectivity index (χ1n) is 23.3. The molecule has 0 spiro atoms. The Balaban J connectivity index is 1.23. The first-order chi connectivity index (χ1) is 34.0. The molecule has 14 nitrogen and oxygen atoms in total. The van der Waals surface area contributed by atoms with Gasteiger partial charge in [0.1, 0.15) is 30.2 Å². The maximum Gasteiger partial charge on any atom is 0.326 e. The van der Waals surface area contributed by atoms with E-state index in [1.165, 1.54) is 12.1 Å². The van der Waals surface area contributed by atoms with Crippen molar-refractivity contribution < 1.29 is 38.7 Å². The minimum Gasteiger partial charge on any atom is -0.480 e. The number of benzene rings is 6. The molecule has 0 saturated carbocycles. The molecule has 0 unspecified atom stereocenters. The van der Waals surface area contributed by atoms with Gasteiger partial charge in [0.15, 0.2) is 0 Å². The van der Waals surface area contributed by atoms with Crippen molar-refractivity contribution in [3.63, 3.8) is 0 Å². The predicted molar refractivity (Wildman–Crippen MR) is 265 cm³/mol. The number of amides is 6. The van der Waals surface area contributed by atoms with Crippen LogP contribution in [0.5, 0.6) is 0 Å². The smallest absolute Gasteiger partial charge is 0.326 e. The fraction of sp³-hybridized carbons (Fsp3) is 0.232. The zero-order valence-corrected chi connectivity index (χ0v) is 38.5. The number of carboxylic acid groups (broad SMARTS) is 1. The molecule has 14 heteroatoms. The molecule has 8 rings (SSSR count). The van der Waals surface area contributed by atoms with Crippen LogP contribution >= 0.6 is 0 Å². The van der Waals surface area contributed by atoms with Gasteiger partial charge in [-0.15, -0.1) is 0 Å². The fourth-order valence-electron chi connectivity index (χ4n) is 8.23. The van der Waals surface area contributed by atoms with Crippen LogP contribution in [0.25, 0.3) is 11.1 Å². The maximum absolute atomic E-state index is 14.8. The second-order valence-electron chi connectivity index (χ2n) is 17.3. The van der Waals surface area contributed by atoms with Gasteiger partial charge in [0.2, 0.25) is 29.5 Å². The summed E-state index contributed by atoms with van der Waals surface area (Å²) in [5.41, 5.74) is 5.69. The summed E-state index contributed by atoms with van der Waals surface area (Å²) < 4.78 is 0. The Hall–Kier alpha value is -8.39. The van der Waals surface area contributed by atoms with Crippen LogP contribution in [0.4, 0.5) is 0 Å². The van der Waals surface area contributed by atoms with Gasteiger partial charge in [-0.25, -0.2) is 4.79 Å². The van der Waals surface area contributed by atoms with Gasteiger partial charge in [0, 0.05) is 44.2 Å². The lowest BCUT2D eigenvalue weighted by Gasteiger charge is -2.27. The molecule has 6 aromatic carbocycles. The normalized spacial score (nSPS) is 18.7. The standard InChI is InChI=1S/C56H56N6O8/c63-50-31-32-57-51(64)44-28-23-41(24-29-44)35-48(55(68)62-49(56(69)70)36-39-17-9-3-10-18-39)61-53(66)46(33-38-15-7-2-8-16-38)60-54(67)47(34-40-21-26-43(27-22-40)42-19-11-4-12-20-42)59-52(65)45(58-50)30-25-37-13-5-1-6-14-37/h1-24,26-29,45-49H,25,30-36H2,(H,57,64)(H,58,63)(H,59,65)(H,60,67)(H,61,66)(H,62,68)(H,69,70)/t45-,46-,47+,48+,49-/m1/s1. The Morgan fingerprint density at radius 1 is 0.529 bits per heavy atom. The van der Waals surface area contributed by atoms with Crippen LogP contribution in [0.3, 0.4) is 0 Å². The molecule has 0 fully saturated rings. The van der Waals surface area contributed by atoms with E-state index in [-0.39, 0.29) is 50.6 Å². The van der Waals surface area contributed by atoms with Crippen molar-refractivity contribution >= 4 is 41.4 Å². The molecule has 2 bridgehead atoms. The van der Waals surface area contributed by atoms with Gasteiger partial charge in [0.05, 0.1) is 0 Å². The summed E-state index contributed by atoms with van der Waals surface area (Å²) in [7, 11) is 0. The van der Waals surface area contributed by atoms with Crippen molar-refractivity contribution in [3.8, 4) is 11.1 Å². The van der Waals surface area contributed by atoms with Crippen molar-refractivity contribution in [2.24, 2.45) is 0 Å². The van der Waals surface area contributed by atoms with Gasteiger partial charge in [-0.2, -0.15) is 0 Å². The molecule has 2 aliphatic heterocycles. The number of carbonyl (C=O) groups excluding carboxylic acids is 6. The summed E-state index contributed by atoms with van der Waals surface area (Å²) in [6, 6.07) is 44.4. The summed E-state index contributed by atoms with van der Waals surface area (Å²) in [5.74, 6) is -5.12. The second-order valence-corrected chi connectivity index (χ2v) is 17.3. The van der Waals surface area contributed by atoms with E-state index in [0.29, 0.717) is 28.7 Å². The van der Waals surface area contributed by atoms with Crippen LogP contribution < -0.4 is 31.9 Å². The monoisotopic (exact) mass is 940 g/mol.